The first kappa shape index (κ1) is 154. The molecule has 0 amide bonds. The Morgan fingerprint density at radius 2 is 0.400 bits per heavy atom. The minimum atomic E-state index is -2.92. The van der Waals surface area contributed by atoms with Crippen molar-refractivity contribution in [1.82, 2.24) is 0 Å². The van der Waals surface area contributed by atoms with Crippen molar-refractivity contribution in [1.29, 1.82) is 0 Å². The van der Waals surface area contributed by atoms with Crippen molar-refractivity contribution in [3.05, 3.63) is 0 Å². The van der Waals surface area contributed by atoms with Crippen LogP contribution in [0.3, 0.4) is 0 Å². The van der Waals surface area contributed by atoms with Gasteiger partial charge in [-0.25, -0.2) is 0 Å². The summed E-state index contributed by atoms with van der Waals surface area (Å²) in [5.74, 6) is 0. The molecule has 0 bridgehead atoms. The SMILES string of the molecule is O.O.O.O.O.O.O.O.[Na+].[Na+].[Na+].[O-]B([O-])[O-]. The topological polar surface area (TPSA) is 321 Å². The van der Waals surface area contributed by atoms with Gasteiger partial charge in [-0.3, -0.25) is 7.32 Å². The predicted molar refractivity (Wildman–Crippen MR) is 34.7 cm³/mol. The summed E-state index contributed by atoms with van der Waals surface area (Å²) in [6.07, 6.45) is 0. The van der Waals surface area contributed by atoms with Crippen molar-refractivity contribution in [3.8, 4) is 0 Å². The van der Waals surface area contributed by atoms with E-state index in [1.807, 2.05) is 0 Å². The van der Waals surface area contributed by atoms with Crippen molar-refractivity contribution in [2.75, 3.05) is 0 Å². The predicted octanol–water partition coefficient (Wildman–Crippen LogP) is -19.5. The van der Waals surface area contributed by atoms with E-state index in [4.69, 9.17) is 15.1 Å². The fraction of sp³-hybridized carbons (Fsp3) is 0. The molecule has 0 radical (unpaired) electrons. The zero-order chi connectivity index (χ0) is 3.58. The molecule has 0 saturated carbocycles. The summed E-state index contributed by atoms with van der Waals surface area (Å²) < 4.78 is 0. The number of rotatable bonds is 0. The molecule has 0 saturated heterocycles. The van der Waals surface area contributed by atoms with E-state index in [2.05, 4.69) is 0 Å². The van der Waals surface area contributed by atoms with Crippen molar-refractivity contribution in [3.63, 3.8) is 0 Å². The van der Waals surface area contributed by atoms with Crippen LogP contribution < -0.4 is 104 Å². The molecule has 0 aliphatic carbocycles. The van der Waals surface area contributed by atoms with E-state index >= 15 is 0 Å². The van der Waals surface area contributed by atoms with E-state index in [0.717, 1.165) is 0 Å². The van der Waals surface area contributed by atoms with Crippen molar-refractivity contribution in [2.24, 2.45) is 0 Å². The van der Waals surface area contributed by atoms with E-state index in [1.54, 1.807) is 0 Å². The van der Waals surface area contributed by atoms with Crippen LogP contribution in [0.1, 0.15) is 0 Å². The van der Waals surface area contributed by atoms with Gasteiger partial charge in [-0.2, -0.15) is 0 Å². The first-order valence-corrected chi connectivity index (χ1v) is 0.707. The molecule has 0 aliphatic rings. The summed E-state index contributed by atoms with van der Waals surface area (Å²) >= 11 is 0. The second kappa shape index (κ2) is 128. The first-order valence-electron chi connectivity index (χ1n) is 0.707. The molecule has 0 heterocycles. The molecule has 0 aromatic carbocycles. The number of hydrogen-bond donors (Lipinski definition) is 0. The third kappa shape index (κ3) is 516. The molecule has 15 heteroatoms. The Kier molecular flexibility index (Phi) is 1320. The van der Waals surface area contributed by atoms with Crippen LogP contribution in [0.2, 0.25) is 0 Å². The van der Waals surface area contributed by atoms with Crippen molar-refractivity contribution < 1.29 is 148 Å². The van der Waals surface area contributed by atoms with Gasteiger partial charge in [0.2, 0.25) is 0 Å². The van der Waals surface area contributed by atoms with E-state index < -0.39 is 7.32 Å². The molecule has 11 nitrogen and oxygen atoms in total. The van der Waals surface area contributed by atoms with Crippen LogP contribution in [0.25, 0.3) is 0 Å². The maximum Gasteiger partial charge on any atom is 1.00 e. The van der Waals surface area contributed by atoms with Gasteiger partial charge in [0.25, 0.3) is 0 Å². The molecule has 0 unspecified atom stereocenters. The summed E-state index contributed by atoms with van der Waals surface area (Å²) in [5.41, 5.74) is 0. The maximum atomic E-state index is 8.42. The molecule has 0 fully saturated rings. The van der Waals surface area contributed by atoms with E-state index in [9.17, 15) is 0 Å². The standard InChI is InChI=1S/BO3.3Na.8H2O/c2-1(3)4;;;;;;;;;;;/h;;;;8*1H2/q-3;3*+1;;;;;;;;. The maximum absolute atomic E-state index is 8.42. The van der Waals surface area contributed by atoms with Crippen molar-refractivity contribution in [2.45, 2.75) is 0 Å². The Hall–Kier alpha value is 2.62. The molecule has 15 heavy (non-hydrogen) atoms. The van der Waals surface area contributed by atoms with Crippen molar-refractivity contribution >= 4 is 7.32 Å². The third-order valence-electron chi connectivity index (χ3n) is 0. The van der Waals surface area contributed by atoms with Crippen LogP contribution in [0.15, 0.2) is 0 Å². The number of hydrogen-bond acceptors (Lipinski definition) is 3. The Labute approximate surface area is 153 Å². The summed E-state index contributed by atoms with van der Waals surface area (Å²) in [4.78, 5) is 0. The van der Waals surface area contributed by atoms with E-state index in [-0.39, 0.29) is 132 Å². The van der Waals surface area contributed by atoms with Gasteiger partial charge >= 0.3 is 88.7 Å². The second-order valence-corrected chi connectivity index (χ2v) is 0.289. The van der Waals surface area contributed by atoms with E-state index in [1.165, 1.54) is 0 Å². The molecule has 0 aromatic rings. The van der Waals surface area contributed by atoms with Gasteiger partial charge in [0.05, 0.1) is 0 Å². The smallest absolute Gasteiger partial charge is 0.907 e. The summed E-state index contributed by atoms with van der Waals surface area (Å²) in [6.45, 7) is 0. The molecule has 0 rings (SSSR count). The van der Waals surface area contributed by atoms with Gasteiger partial charge in [0, 0.05) is 0 Å². The summed E-state index contributed by atoms with van der Waals surface area (Å²) in [7, 11) is -2.92. The van der Waals surface area contributed by atoms with E-state index in [0.29, 0.717) is 0 Å². The Morgan fingerprint density at radius 3 is 0.400 bits per heavy atom. The first-order chi connectivity index (χ1) is 1.73. The molecule has 0 spiro atoms. The Balaban J connectivity index is -0.000000000818. The van der Waals surface area contributed by atoms with Gasteiger partial charge in [-0.1, -0.05) is 0 Å². The van der Waals surface area contributed by atoms with Gasteiger partial charge in [-0.05, 0) is 0 Å². The molecule has 0 aliphatic heterocycles. The van der Waals surface area contributed by atoms with Gasteiger partial charge in [0.1, 0.15) is 0 Å². The Bertz CT molecular complexity index is 20.5. The fourth-order valence-corrected chi connectivity index (χ4v) is 0. The summed E-state index contributed by atoms with van der Waals surface area (Å²) in [5, 5.41) is 25.2. The van der Waals surface area contributed by atoms with Gasteiger partial charge in [-0.15, -0.1) is 0 Å². The van der Waals surface area contributed by atoms with Crippen LogP contribution in [0.5, 0.6) is 0 Å². The molecule has 0 atom stereocenters. The normalized spacial score (nSPS) is 1.80. The monoisotopic (exact) mass is 272 g/mol. The van der Waals surface area contributed by atoms with Crippen LogP contribution in [-0.4, -0.2) is 51.1 Å². The third-order valence-corrected chi connectivity index (χ3v) is 0. The second-order valence-electron chi connectivity index (χ2n) is 0.289. The van der Waals surface area contributed by atoms with Gasteiger partial charge < -0.3 is 58.9 Å². The zero-order valence-corrected chi connectivity index (χ0v) is 14.8. The molecule has 16 N–H and O–H groups in total. The Morgan fingerprint density at radius 1 is 0.400 bits per heavy atom. The molecule has 88 valence electrons. The average molecular weight is 272 g/mol. The largest absolute Gasteiger partial charge is 1.00 e. The molecule has 0 aromatic heterocycles. The minimum Gasteiger partial charge on any atom is -0.907 e. The van der Waals surface area contributed by atoms with Crippen LogP contribution in [0.4, 0.5) is 0 Å². The average Bonchev–Trinajstić information content (AvgIpc) is 0.811. The quantitative estimate of drug-likeness (QED) is 0.387. The van der Waals surface area contributed by atoms with Crippen LogP contribution in [0, 0.1) is 0 Å². The van der Waals surface area contributed by atoms with Gasteiger partial charge in [0.15, 0.2) is 0 Å². The minimum absolute atomic E-state index is 0. The molecular formula is H16BNa3O11. The van der Waals surface area contributed by atoms with Crippen LogP contribution >= 0.6 is 0 Å². The fourth-order valence-electron chi connectivity index (χ4n) is 0. The zero-order valence-electron chi connectivity index (χ0n) is 8.80. The molecular weight excluding hydrogens is 256 g/mol. The van der Waals surface area contributed by atoms with Crippen LogP contribution in [-0.2, 0) is 0 Å². The summed E-state index contributed by atoms with van der Waals surface area (Å²) in [6, 6.07) is 0.